The molecule has 1 aromatic heterocycles. The first kappa shape index (κ1) is 23.7. The number of aryl methyl sites for hydroxylation is 2. The van der Waals surface area contributed by atoms with E-state index in [0.29, 0.717) is 19.1 Å². The molecule has 154 valence electrons. The number of likely N-dealkylation sites (tertiary alicyclic amines) is 1. The average molecular weight is 491 g/mol. The van der Waals surface area contributed by atoms with E-state index in [-0.39, 0.29) is 29.9 Å². The van der Waals surface area contributed by atoms with Crippen molar-refractivity contribution in [3.63, 3.8) is 0 Å². The standard InChI is InChI=1S/C19H33N5O2.HI/c1-5-8-21-18(25)13-24-9-6-17(7-10-24)23-19(20-4)22-12-16-11-14(2)26-15(16)3;/h11,17H,5-10,12-13H2,1-4H3,(H,21,25)(H2,20,22,23);1H. The molecule has 3 N–H and O–H groups in total. The normalized spacial score (nSPS) is 15.9. The lowest BCUT2D eigenvalue weighted by Crippen LogP contribution is -2.50. The van der Waals surface area contributed by atoms with Gasteiger partial charge in [0.15, 0.2) is 5.96 Å². The van der Waals surface area contributed by atoms with Crippen LogP contribution in [0.25, 0.3) is 0 Å². The molecule has 0 bridgehead atoms. The van der Waals surface area contributed by atoms with Gasteiger partial charge in [-0.05, 0) is 39.2 Å². The van der Waals surface area contributed by atoms with Gasteiger partial charge in [0.2, 0.25) is 5.91 Å². The molecule has 7 nitrogen and oxygen atoms in total. The molecule has 0 aromatic carbocycles. The van der Waals surface area contributed by atoms with Gasteiger partial charge in [-0.1, -0.05) is 6.92 Å². The van der Waals surface area contributed by atoms with E-state index < -0.39 is 0 Å². The molecule has 1 saturated heterocycles. The molecule has 0 saturated carbocycles. The molecule has 0 radical (unpaired) electrons. The Bertz CT molecular complexity index is 609. The first-order valence-electron chi connectivity index (χ1n) is 9.54. The third-order valence-electron chi connectivity index (χ3n) is 4.68. The molecule has 1 aromatic rings. The summed E-state index contributed by atoms with van der Waals surface area (Å²) in [5, 5.41) is 9.78. The van der Waals surface area contributed by atoms with Gasteiger partial charge >= 0.3 is 0 Å². The molecular weight excluding hydrogens is 457 g/mol. The molecule has 2 heterocycles. The van der Waals surface area contributed by atoms with Crippen LogP contribution in [0.5, 0.6) is 0 Å². The summed E-state index contributed by atoms with van der Waals surface area (Å²) in [5.41, 5.74) is 1.15. The summed E-state index contributed by atoms with van der Waals surface area (Å²) < 4.78 is 5.56. The quantitative estimate of drug-likeness (QED) is 0.310. The largest absolute Gasteiger partial charge is 0.466 e. The number of carbonyl (C=O) groups is 1. The number of guanidine groups is 1. The molecule has 8 heteroatoms. The van der Waals surface area contributed by atoms with Crippen LogP contribution in [0.4, 0.5) is 0 Å². The van der Waals surface area contributed by atoms with Crippen molar-refractivity contribution in [3.8, 4) is 0 Å². The molecule has 2 rings (SSSR count). The third kappa shape index (κ3) is 8.08. The van der Waals surface area contributed by atoms with E-state index in [0.717, 1.165) is 61.9 Å². The Morgan fingerprint density at radius 3 is 2.56 bits per heavy atom. The monoisotopic (exact) mass is 491 g/mol. The van der Waals surface area contributed by atoms with Crippen molar-refractivity contribution in [1.82, 2.24) is 20.9 Å². The smallest absolute Gasteiger partial charge is 0.234 e. The summed E-state index contributed by atoms with van der Waals surface area (Å²) in [6.07, 6.45) is 2.99. The highest BCUT2D eigenvalue weighted by Gasteiger charge is 2.21. The molecule has 1 aliphatic rings. The highest BCUT2D eigenvalue weighted by molar-refractivity contribution is 14.0. The summed E-state index contributed by atoms with van der Waals surface area (Å²) in [5.74, 6) is 2.81. The lowest BCUT2D eigenvalue weighted by molar-refractivity contribution is -0.122. The van der Waals surface area contributed by atoms with Crippen LogP contribution in [0.15, 0.2) is 15.5 Å². The number of aliphatic imine (C=N–C) groups is 1. The number of nitrogens with zero attached hydrogens (tertiary/aromatic N) is 2. The topological polar surface area (TPSA) is 81.9 Å². The molecule has 0 unspecified atom stereocenters. The number of amides is 1. The number of nitrogens with one attached hydrogen (secondary N) is 3. The van der Waals surface area contributed by atoms with Crippen LogP contribution in [-0.2, 0) is 11.3 Å². The highest BCUT2D eigenvalue weighted by Crippen LogP contribution is 2.13. The Balaban J connectivity index is 0.00000364. The van der Waals surface area contributed by atoms with E-state index in [4.69, 9.17) is 4.42 Å². The average Bonchev–Trinajstić information content (AvgIpc) is 2.95. The zero-order chi connectivity index (χ0) is 18.9. The number of hydrogen-bond donors (Lipinski definition) is 3. The second-order valence-electron chi connectivity index (χ2n) is 6.91. The molecule has 0 atom stereocenters. The highest BCUT2D eigenvalue weighted by atomic mass is 127. The van der Waals surface area contributed by atoms with Crippen molar-refractivity contribution in [1.29, 1.82) is 0 Å². The Morgan fingerprint density at radius 1 is 1.30 bits per heavy atom. The van der Waals surface area contributed by atoms with Crippen molar-refractivity contribution >= 4 is 35.8 Å². The summed E-state index contributed by atoms with van der Waals surface area (Å²) in [6, 6.07) is 2.43. The van der Waals surface area contributed by atoms with E-state index in [2.05, 4.69) is 38.8 Å². The fourth-order valence-corrected chi connectivity index (χ4v) is 3.18. The molecule has 1 aliphatic heterocycles. The second-order valence-corrected chi connectivity index (χ2v) is 6.91. The van der Waals surface area contributed by atoms with E-state index in [1.165, 1.54) is 0 Å². The minimum Gasteiger partial charge on any atom is -0.466 e. The van der Waals surface area contributed by atoms with Gasteiger partial charge in [-0.2, -0.15) is 0 Å². The van der Waals surface area contributed by atoms with Crippen molar-refractivity contribution in [2.24, 2.45) is 4.99 Å². The number of halogens is 1. The SMILES string of the molecule is CCCNC(=O)CN1CCC(NC(=NC)NCc2cc(C)oc2C)CC1.I. The predicted molar refractivity (Wildman–Crippen MR) is 120 cm³/mol. The fourth-order valence-electron chi connectivity index (χ4n) is 3.18. The van der Waals surface area contributed by atoms with Gasteiger partial charge in [0.25, 0.3) is 0 Å². The van der Waals surface area contributed by atoms with Crippen LogP contribution >= 0.6 is 24.0 Å². The number of hydrogen-bond acceptors (Lipinski definition) is 4. The van der Waals surface area contributed by atoms with Crippen molar-refractivity contribution in [2.75, 3.05) is 33.2 Å². The van der Waals surface area contributed by atoms with Crippen LogP contribution < -0.4 is 16.0 Å². The van der Waals surface area contributed by atoms with Crippen LogP contribution in [0.3, 0.4) is 0 Å². The molecule has 0 spiro atoms. The van der Waals surface area contributed by atoms with E-state index in [9.17, 15) is 4.79 Å². The lowest BCUT2D eigenvalue weighted by Gasteiger charge is -2.32. The molecule has 27 heavy (non-hydrogen) atoms. The van der Waals surface area contributed by atoms with Crippen molar-refractivity contribution in [2.45, 2.75) is 52.6 Å². The zero-order valence-corrected chi connectivity index (χ0v) is 19.3. The van der Waals surface area contributed by atoms with Crippen LogP contribution in [0.2, 0.25) is 0 Å². The van der Waals surface area contributed by atoms with E-state index >= 15 is 0 Å². The van der Waals surface area contributed by atoms with Gasteiger partial charge in [0, 0.05) is 44.8 Å². The first-order valence-corrected chi connectivity index (χ1v) is 9.54. The van der Waals surface area contributed by atoms with Gasteiger partial charge in [-0.15, -0.1) is 24.0 Å². The third-order valence-corrected chi connectivity index (χ3v) is 4.68. The van der Waals surface area contributed by atoms with E-state index in [1.807, 2.05) is 13.8 Å². The summed E-state index contributed by atoms with van der Waals surface area (Å²) in [4.78, 5) is 18.4. The molecular formula is C19H34IN5O2. The lowest BCUT2D eigenvalue weighted by atomic mass is 10.1. The number of piperidine rings is 1. The van der Waals surface area contributed by atoms with Crippen LogP contribution in [0.1, 0.15) is 43.3 Å². The summed E-state index contributed by atoms with van der Waals surface area (Å²) in [6.45, 7) is 9.80. The van der Waals surface area contributed by atoms with Gasteiger partial charge in [-0.25, -0.2) is 0 Å². The Kier molecular flexibility index (Phi) is 10.8. The summed E-state index contributed by atoms with van der Waals surface area (Å²) in [7, 11) is 1.79. The number of rotatable bonds is 7. The van der Waals surface area contributed by atoms with Crippen molar-refractivity contribution in [3.05, 3.63) is 23.2 Å². The first-order chi connectivity index (χ1) is 12.5. The van der Waals surface area contributed by atoms with Gasteiger partial charge in [-0.3, -0.25) is 14.7 Å². The van der Waals surface area contributed by atoms with Crippen molar-refractivity contribution < 1.29 is 9.21 Å². The second kappa shape index (κ2) is 12.2. The van der Waals surface area contributed by atoms with E-state index in [1.54, 1.807) is 7.05 Å². The molecule has 1 amide bonds. The predicted octanol–water partition coefficient (Wildman–Crippen LogP) is 2.17. The zero-order valence-electron chi connectivity index (χ0n) is 16.9. The Labute approximate surface area is 179 Å². The fraction of sp³-hybridized carbons (Fsp3) is 0.684. The minimum atomic E-state index is 0. The van der Waals surface area contributed by atoms with Crippen LogP contribution in [0, 0.1) is 13.8 Å². The van der Waals surface area contributed by atoms with Gasteiger partial charge in [0.05, 0.1) is 6.54 Å². The van der Waals surface area contributed by atoms with Gasteiger partial charge < -0.3 is 20.4 Å². The molecule has 0 aliphatic carbocycles. The Hall–Kier alpha value is -1.29. The van der Waals surface area contributed by atoms with Gasteiger partial charge in [0.1, 0.15) is 11.5 Å². The summed E-state index contributed by atoms with van der Waals surface area (Å²) >= 11 is 0. The Morgan fingerprint density at radius 2 is 2.00 bits per heavy atom. The minimum absolute atomic E-state index is 0. The van der Waals surface area contributed by atoms with Crippen LogP contribution in [-0.4, -0.2) is 56.0 Å². The number of furan rings is 1. The maximum absolute atomic E-state index is 11.8. The number of carbonyl (C=O) groups excluding carboxylic acids is 1. The maximum Gasteiger partial charge on any atom is 0.234 e. The molecule has 1 fully saturated rings. The maximum atomic E-state index is 11.8.